The quantitative estimate of drug-likeness (QED) is 0.691. The summed E-state index contributed by atoms with van der Waals surface area (Å²) in [4.78, 5) is 24.2. The molecule has 21 heavy (non-hydrogen) atoms. The van der Waals surface area contributed by atoms with Gasteiger partial charge in [0.05, 0.1) is 6.04 Å². The summed E-state index contributed by atoms with van der Waals surface area (Å²) in [5, 5.41) is 2.85. The summed E-state index contributed by atoms with van der Waals surface area (Å²) >= 11 is 0. The molecule has 1 aliphatic rings. The number of nitrogens with one attached hydrogen (secondary N) is 1. The van der Waals surface area contributed by atoms with Crippen LogP contribution in [-0.2, 0) is 0 Å². The summed E-state index contributed by atoms with van der Waals surface area (Å²) in [5.74, 6) is 2.36. The van der Waals surface area contributed by atoms with Gasteiger partial charge in [0.1, 0.15) is 0 Å². The van der Waals surface area contributed by atoms with Gasteiger partial charge in [0.25, 0.3) is 5.91 Å². The molecule has 0 aliphatic carbocycles. The van der Waals surface area contributed by atoms with E-state index in [0.29, 0.717) is 16.7 Å². The highest BCUT2D eigenvalue weighted by molar-refractivity contribution is 6.02. The number of benzene rings is 2. The van der Waals surface area contributed by atoms with E-state index < -0.39 is 0 Å². The highest BCUT2D eigenvalue weighted by Crippen LogP contribution is 2.28. The molecule has 1 unspecified atom stereocenters. The maximum atomic E-state index is 12.4. The van der Waals surface area contributed by atoms with E-state index >= 15 is 0 Å². The smallest absolute Gasteiger partial charge is 0.252 e. The lowest BCUT2D eigenvalue weighted by Gasteiger charge is -2.11. The Kier molecular flexibility index (Phi) is 3.29. The van der Waals surface area contributed by atoms with Crippen LogP contribution in [0.4, 0.5) is 0 Å². The summed E-state index contributed by atoms with van der Waals surface area (Å²) in [7, 11) is 0. The molecule has 1 aliphatic heterocycles. The molecular weight excluding hydrogens is 262 g/mol. The van der Waals surface area contributed by atoms with E-state index in [1.807, 2.05) is 18.2 Å². The Balaban J connectivity index is 1.83. The Bertz CT molecular complexity index is 771. The van der Waals surface area contributed by atoms with Crippen molar-refractivity contribution in [1.82, 2.24) is 5.32 Å². The zero-order valence-electron chi connectivity index (χ0n) is 11.3. The number of hydrogen-bond acceptors (Lipinski definition) is 2. The number of Topliss-reactive ketones (excluding diaryl/α,β-unsaturated/α-hetero) is 1. The molecule has 0 saturated heterocycles. The minimum absolute atomic E-state index is 0.0332. The lowest BCUT2D eigenvalue weighted by Crippen LogP contribution is -2.21. The minimum Gasteiger partial charge on any atom is -0.345 e. The number of carbonyl (C=O) groups excluding carboxylic acids is 2. The van der Waals surface area contributed by atoms with Crippen LogP contribution >= 0.6 is 0 Å². The Labute approximate surface area is 123 Å². The number of carbonyl (C=O) groups is 2. The van der Waals surface area contributed by atoms with Crippen molar-refractivity contribution in [3.05, 3.63) is 70.8 Å². The zero-order chi connectivity index (χ0) is 14.8. The number of fused-ring (bicyclic) bond motifs is 1. The highest BCUT2D eigenvalue weighted by Gasteiger charge is 2.29. The van der Waals surface area contributed by atoms with Gasteiger partial charge in [-0.15, -0.1) is 6.42 Å². The minimum atomic E-state index is -0.268. The molecule has 102 valence electrons. The molecule has 1 N–H and O–H groups in total. The van der Waals surface area contributed by atoms with Gasteiger partial charge in [0, 0.05) is 23.1 Å². The third kappa shape index (κ3) is 2.44. The average Bonchev–Trinajstić information content (AvgIpc) is 2.84. The van der Waals surface area contributed by atoms with Crippen molar-refractivity contribution >= 4 is 11.7 Å². The van der Waals surface area contributed by atoms with E-state index in [2.05, 4.69) is 11.2 Å². The largest absolute Gasteiger partial charge is 0.345 e. The van der Waals surface area contributed by atoms with Crippen LogP contribution in [0.15, 0.2) is 48.5 Å². The van der Waals surface area contributed by atoms with Gasteiger partial charge in [-0.25, -0.2) is 0 Å². The maximum absolute atomic E-state index is 12.4. The predicted octanol–water partition coefficient (Wildman–Crippen LogP) is 2.73. The lowest BCUT2D eigenvalue weighted by molar-refractivity contribution is 0.0933. The number of terminal acetylenes is 1. The van der Waals surface area contributed by atoms with Crippen LogP contribution in [0, 0.1) is 12.3 Å². The lowest BCUT2D eigenvalue weighted by atomic mass is 9.97. The van der Waals surface area contributed by atoms with E-state index in [-0.39, 0.29) is 24.2 Å². The van der Waals surface area contributed by atoms with Crippen molar-refractivity contribution in [2.75, 3.05) is 0 Å². The molecule has 0 aromatic heterocycles. The molecule has 3 heteroatoms. The van der Waals surface area contributed by atoms with Crippen molar-refractivity contribution in [2.45, 2.75) is 12.5 Å². The molecule has 1 atom stereocenters. The van der Waals surface area contributed by atoms with Crippen LogP contribution in [-0.4, -0.2) is 11.7 Å². The highest BCUT2D eigenvalue weighted by atomic mass is 16.2. The second kappa shape index (κ2) is 5.26. The number of rotatable bonds is 3. The molecular formula is C18H13NO2. The van der Waals surface area contributed by atoms with Gasteiger partial charge in [0.2, 0.25) is 0 Å². The van der Waals surface area contributed by atoms with Crippen LogP contribution in [0.3, 0.4) is 0 Å². The van der Waals surface area contributed by atoms with Gasteiger partial charge in [0.15, 0.2) is 5.78 Å². The summed E-state index contributed by atoms with van der Waals surface area (Å²) in [5.41, 5.74) is 2.78. The standard InChI is InChI=1S/C18H13NO2/c1-2-12-6-5-7-13(10-12)17(20)11-16-14-8-3-4-9-15(14)18(21)19-16/h1,3-10,16H,11H2,(H,19,21). The van der Waals surface area contributed by atoms with Gasteiger partial charge >= 0.3 is 0 Å². The van der Waals surface area contributed by atoms with E-state index in [1.165, 1.54) is 0 Å². The van der Waals surface area contributed by atoms with E-state index in [0.717, 1.165) is 5.56 Å². The molecule has 1 amide bonds. The normalized spacial score (nSPS) is 16.0. The molecule has 0 fully saturated rings. The van der Waals surface area contributed by atoms with Crippen molar-refractivity contribution in [2.24, 2.45) is 0 Å². The monoisotopic (exact) mass is 275 g/mol. The molecule has 2 aromatic rings. The molecule has 0 radical (unpaired) electrons. The van der Waals surface area contributed by atoms with Crippen LogP contribution in [0.25, 0.3) is 0 Å². The maximum Gasteiger partial charge on any atom is 0.252 e. The molecule has 1 heterocycles. The predicted molar refractivity (Wildman–Crippen MR) is 80.0 cm³/mol. The van der Waals surface area contributed by atoms with Gasteiger partial charge in [-0.2, -0.15) is 0 Å². The molecule has 2 aromatic carbocycles. The fourth-order valence-electron chi connectivity index (χ4n) is 2.57. The Morgan fingerprint density at radius 1 is 1.19 bits per heavy atom. The van der Waals surface area contributed by atoms with Crippen molar-refractivity contribution in [1.29, 1.82) is 0 Å². The fourth-order valence-corrected chi connectivity index (χ4v) is 2.57. The first-order valence-electron chi connectivity index (χ1n) is 6.68. The molecule has 0 saturated carbocycles. The third-order valence-corrected chi connectivity index (χ3v) is 3.63. The molecule has 0 spiro atoms. The molecule has 3 nitrogen and oxygen atoms in total. The Hall–Kier alpha value is -2.86. The van der Waals surface area contributed by atoms with Crippen molar-refractivity contribution < 1.29 is 9.59 Å². The first kappa shape index (κ1) is 13.1. The first-order valence-corrected chi connectivity index (χ1v) is 6.68. The summed E-state index contributed by atoms with van der Waals surface area (Å²) in [6.45, 7) is 0. The summed E-state index contributed by atoms with van der Waals surface area (Å²) in [6.07, 6.45) is 5.58. The van der Waals surface area contributed by atoms with Crippen molar-refractivity contribution in [3.8, 4) is 12.3 Å². The number of amides is 1. The Morgan fingerprint density at radius 3 is 2.81 bits per heavy atom. The average molecular weight is 275 g/mol. The van der Waals surface area contributed by atoms with Gasteiger partial charge in [-0.3, -0.25) is 9.59 Å². The van der Waals surface area contributed by atoms with Gasteiger partial charge in [-0.05, 0) is 23.8 Å². The van der Waals surface area contributed by atoms with E-state index in [4.69, 9.17) is 6.42 Å². The van der Waals surface area contributed by atoms with E-state index in [9.17, 15) is 9.59 Å². The number of hydrogen-bond donors (Lipinski definition) is 1. The Morgan fingerprint density at radius 2 is 2.00 bits per heavy atom. The van der Waals surface area contributed by atoms with Crippen LogP contribution < -0.4 is 5.32 Å². The van der Waals surface area contributed by atoms with Gasteiger partial charge < -0.3 is 5.32 Å². The fraction of sp³-hybridized carbons (Fsp3) is 0.111. The molecule has 0 bridgehead atoms. The second-order valence-electron chi connectivity index (χ2n) is 4.97. The summed E-state index contributed by atoms with van der Waals surface area (Å²) < 4.78 is 0. The third-order valence-electron chi connectivity index (χ3n) is 3.63. The van der Waals surface area contributed by atoms with Gasteiger partial charge in [-0.1, -0.05) is 36.3 Å². The zero-order valence-corrected chi connectivity index (χ0v) is 11.3. The van der Waals surface area contributed by atoms with Crippen LogP contribution in [0.5, 0.6) is 0 Å². The van der Waals surface area contributed by atoms with Crippen molar-refractivity contribution in [3.63, 3.8) is 0 Å². The molecule has 3 rings (SSSR count). The second-order valence-corrected chi connectivity index (χ2v) is 4.97. The first-order chi connectivity index (χ1) is 10.2. The summed E-state index contributed by atoms with van der Waals surface area (Å²) in [6, 6.07) is 14.1. The topological polar surface area (TPSA) is 46.2 Å². The SMILES string of the molecule is C#Cc1cccc(C(=O)CC2NC(=O)c3ccccc32)c1. The van der Waals surface area contributed by atoms with Crippen LogP contribution in [0.1, 0.15) is 44.3 Å². The van der Waals surface area contributed by atoms with E-state index in [1.54, 1.807) is 30.3 Å². The van der Waals surface area contributed by atoms with Crippen LogP contribution in [0.2, 0.25) is 0 Å². The number of ketones is 1.